The van der Waals surface area contributed by atoms with Crippen LogP contribution in [0.2, 0.25) is 0 Å². The Kier molecular flexibility index (Phi) is 5.30. The number of fused-ring (bicyclic) bond motifs is 1. The first-order valence-electron chi connectivity index (χ1n) is 9.09. The molecule has 0 bridgehead atoms. The summed E-state index contributed by atoms with van der Waals surface area (Å²) in [5.74, 6) is 1.02. The van der Waals surface area contributed by atoms with E-state index >= 15 is 0 Å². The van der Waals surface area contributed by atoms with E-state index in [2.05, 4.69) is 15.0 Å². The zero-order valence-corrected chi connectivity index (χ0v) is 17.7. The van der Waals surface area contributed by atoms with Gasteiger partial charge in [0.15, 0.2) is 22.1 Å². The van der Waals surface area contributed by atoms with Crippen LogP contribution in [0, 0.1) is 4.77 Å². The molecule has 0 amide bonds. The van der Waals surface area contributed by atoms with Crippen LogP contribution in [-0.4, -0.2) is 36.0 Å². The van der Waals surface area contributed by atoms with Gasteiger partial charge in [0.05, 0.1) is 37.7 Å². The van der Waals surface area contributed by atoms with Gasteiger partial charge in [0.25, 0.3) is 5.56 Å². The van der Waals surface area contributed by atoms with Crippen LogP contribution in [-0.2, 0) is 0 Å². The second-order valence-electron chi connectivity index (χ2n) is 6.43. The molecule has 4 rings (SSSR count). The van der Waals surface area contributed by atoms with Crippen LogP contribution >= 0.6 is 12.2 Å². The molecule has 0 saturated carbocycles. The number of para-hydroxylation sites is 2. The van der Waals surface area contributed by atoms with E-state index in [1.807, 2.05) is 24.3 Å². The molecule has 158 valence electrons. The van der Waals surface area contributed by atoms with Crippen LogP contribution in [0.4, 0.5) is 0 Å². The molecule has 0 spiro atoms. The molecular formula is C21H18N4O5S. The van der Waals surface area contributed by atoms with Crippen molar-refractivity contribution < 1.29 is 19.3 Å². The summed E-state index contributed by atoms with van der Waals surface area (Å²) in [6, 6.07) is 10.5. The van der Waals surface area contributed by atoms with Crippen LogP contribution in [0.15, 0.2) is 57.0 Å². The summed E-state index contributed by atoms with van der Waals surface area (Å²) in [5, 5.41) is 12.3. The summed E-state index contributed by atoms with van der Waals surface area (Å²) in [7, 11) is 4.44. The van der Waals surface area contributed by atoms with Gasteiger partial charge in [-0.1, -0.05) is 12.1 Å². The molecule has 0 atom stereocenters. The Morgan fingerprint density at radius 1 is 1.03 bits per heavy atom. The van der Waals surface area contributed by atoms with Gasteiger partial charge in [-0.15, -0.1) is 0 Å². The van der Waals surface area contributed by atoms with Gasteiger partial charge in [0, 0.05) is 18.2 Å². The van der Waals surface area contributed by atoms with Crippen LogP contribution in [0.3, 0.4) is 0 Å². The summed E-state index contributed by atoms with van der Waals surface area (Å²) in [5.41, 5.74) is -0.214. The minimum absolute atomic E-state index is 0.0116. The monoisotopic (exact) mass is 438 g/mol. The summed E-state index contributed by atoms with van der Waals surface area (Å²) in [6.07, 6.45) is 1.40. The third-order valence-corrected chi connectivity index (χ3v) is 4.94. The number of nitrogens with one attached hydrogen (secondary N) is 1. The lowest BCUT2D eigenvalue weighted by Crippen LogP contribution is -2.19. The van der Waals surface area contributed by atoms with E-state index in [-0.39, 0.29) is 22.0 Å². The van der Waals surface area contributed by atoms with Crippen molar-refractivity contribution in [3.05, 3.63) is 73.6 Å². The van der Waals surface area contributed by atoms with E-state index in [0.29, 0.717) is 33.7 Å². The first-order chi connectivity index (χ1) is 15.0. The molecule has 0 radical (unpaired) electrons. The largest absolute Gasteiger partial charge is 0.494 e. The fraction of sp³-hybridized carbons (Fsp3) is 0.143. The highest BCUT2D eigenvalue weighted by molar-refractivity contribution is 7.71. The van der Waals surface area contributed by atoms with Crippen molar-refractivity contribution in [3.63, 3.8) is 0 Å². The van der Waals surface area contributed by atoms with Gasteiger partial charge in [-0.25, -0.2) is 9.98 Å². The third kappa shape index (κ3) is 3.57. The molecule has 1 aromatic heterocycles. The van der Waals surface area contributed by atoms with Crippen LogP contribution in [0.25, 0.3) is 11.8 Å². The molecule has 0 saturated heterocycles. The van der Waals surface area contributed by atoms with Crippen molar-refractivity contribution >= 4 is 18.3 Å². The summed E-state index contributed by atoms with van der Waals surface area (Å²) >= 11 is 5.30. The van der Waals surface area contributed by atoms with E-state index in [9.17, 15) is 9.90 Å². The Balaban J connectivity index is 1.93. The Morgan fingerprint density at radius 2 is 1.61 bits per heavy atom. The minimum Gasteiger partial charge on any atom is -0.494 e. The van der Waals surface area contributed by atoms with Gasteiger partial charge < -0.3 is 19.3 Å². The Bertz CT molecular complexity index is 1390. The maximum atomic E-state index is 12.6. The maximum absolute atomic E-state index is 12.6. The van der Waals surface area contributed by atoms with Gasteiger partial charge in [0.1, 0.15) is 5.56 Å². The summed E-state index contributed by atoms with van der Waals surface area (Å²) in [6.45, 7) is 0. The quantitative estimate of drug-likeness (QED) is 0.589. The van der Waals surface area contributed by atoms with Crippen molar-refractivity contribution in [3.8, 4) is 28.8 Å². The predicted octanol–water partition coefficient (Wildman–Crippen LogP) is 1.88. The Labute approximate surface area is 181 Å². The van der Waals surface area contributed by atoms with Crippen molar-refractivity contribution in [1.82, 2.24) is 9.55 Å². The highest BCUT2D eigenvalue weighted by Crippen LogP contribution is 2.40. The summed E-state index contributed by atoms with van der Waals surface area (Å²) in [4.78, 5) is 23.9. The van der Waals surface area contributed by atoms with Crippen molar-refractivity contribution in [2.45, 2.75) is 0 Å². The van der Waals surface area contributed by atoms with Gasteiger partial charge in [-0.3, -0.25) is 14.3 Å². The lowest BCUT2D eigenvalue weighted by Gasteiger charge is -2.16. The molecule has 1 aliphatic heterocycles. The second kappa shape index (κ2) is 8.07. The van der Waals surface area contributed by atoms with Crippen LogP contribution in [0.5, 0.6) is 23.1 Å². The lowest BCUT2D eigenvalue weighted by atomic mass is 10.2. The molecule has 3 aromatic rings. The smallest absolute Gasteiger partial charge is 0.262 e. The first kappa shape index (κ1) is 20.4. The molecule has 2 N–H and O–H groups in total. The topological polar surface area (TPSA) is 110 Å². The fourth-order valence-corrected chi connectivity index (χ4v) is 3.51. The van der Waals surface area contributed by atoms with E-state index in [1.165, 1.54) is 32.0 Å². The molecule has 31 heavy (non-hydrogen) atoms. The van der Waals surface area contributed by atoms with Gasteiger partial charge in [0.2, 0.25) is 11.6 Å². The normalized spacial score (nSPS) is 11.9. The average molecular weight is 438 g/mol. The third-order valence-electron chi connectivity index (χ3n) is 4.65. The van der Waals surface area contributed by atoms with E-state index in [4.69, 9.17) is 26.4 Å². The zero-order chi connectivity index (χ0) is 22.1. The highest BCUT2D eigenvalue weighted by atomic mass is 32.1. The molecule has 0 unspecified atom stereocenters. The lowest BCUT2D eigenvalue weighted by molar-refractivity contribution is 0.324. The average Bonchev–Trinajstić information content (AvgIpc) is 3.18. The molecule has 2 heterocycles. The SMILES string of the molecule is COc1cc(-n2c(O)c(C=C3N=c4ccccc4=N3)c(=O)[nH]c2=S)cc(OC)c1OC. The van der Waals surface area contributed by atoms with E-state index in [0.717, 1.165) is 0 Å². The number of aromatic nitrogens is 2. The number of H-pyrrole nitrogens is 1. The molecule has 2 aromatic carbocycles. The molecule has 1 aliphatic rings. The number of rotatable bonds is 5. The van der Waals surface area contributed by atoms with Crippen LogP contribution in [0.1, 0.15) is 5.56 Å². The first-order valence-corrected chi connectivity index (χ1v) is 9.50. The van der Waals surface area contributed by atoms with Crippen LogP contribution < -0.4 is 30.5 Å². The molecule has 0 aliphatic carbocycles. The number of aromatic amines is 1. The van der Waals surface area contributed by atoms with Gasteiger partial charge >= 0.3 is 0 Å². The number of nitrogens with zero attached hydrogens (tertiary/aromatic N) is 3. The minimum atomic E-state index is -0.569. The number of methoxy groups -OCH3 is 3. The number of aromatic hydroxyl groups is 1. The number of hydrogen-bond acceptors (Lipinski definition) is 8. The highest BCUT2D eigenvalue weighted by Gasteiger charge is 2.19. The predicted molar refractivity (Wildman–Crippen MR) is 115 cm³/mol. The van der Waals surface area contributed by atoms with Gasteiger partial charge in [-0.05, 0) is 24.4 Å². The van der Waals surface area contributed by atoms with Crippen molar-refractivity contribution in [2.75, 3.05) is 21.3 Å². The van der Waals surface area contributed by atoms with Crippen molar-refractivity contribution in [2.24, 2.45) is 9.98 Å². The molecular weight excluding hydrogens is 420 g/mol. The van der Waals surface area contributed by atoms with Gasteiger partial charge in [-0.2, -0.15) is 0 Å². The zero-order valence-electron chi connectivity index (χ0n) is 16.9. The second-order valence-corrected chi connectivity index (χ2v) is 6.82. The molecule has 0 fully saturated rings. The molecule has 9 nitrogen and oxygen atoms in total. The number of ether oxygens (including phenoxy) is 3. The Hall–Kier alpha value is -3.92. The maximum Gasteiger partial charge on any atom is 0.262 e. The Morgan fingerprint density at radius 3 is 2.13 bits per heavy atom. The van der Waals surface area contributed by atoms with E-state index < -0.39 is 5.56 Å². The molecule has 10 heteroatoms. The number of hydrogen-bond donors (Lipinski definition) is 2. The summed E-state index contributed by atoms with van der Waals surface area (Å²) < 4.78 is 17.3. The van der Waals surface area contributed by atoms with E-state index in [1.54, 1.807) is 12.1 Å². The number of benzene rings is 2. The standard InChI is InChI=1S/C21H18N4O5S/c1-28-15-8-11(9-16(29-2)18(15)30-3)25-20(27)12(19(26)24-21(25)31)10-17-22-13-6-4-5-7-14(13)23-17/h4-10,27H,1-3H3,(H,24,26,31). The fourth-order valence-electron chi connectivity index (χ4n) is 3.22. The van der Waals surface area contributed by atoms with Crippen molar-refractivity contribution in [1.29, 1.82) is 0 Å².